The smallest absolute Gasteiger partial charge is 0.247 e. The van der Waals surface area contributed by atoms with Crippen LogP contribution in [-0.2, 0) is 20.9 Å². The van der Waals surface area contributed by atoms with Gasteiger partial charge in [0.1, 0.15) is 12.6 Å². The Kier molecular flexibility index (Phi) is 8.74. The van der Waals surface area contributed by atoms with Crippen LogP contribution in [0.25, 0.3) is 11.4 Å². The first kappa shape index (κ1) is 25.9. The lowest BCUT2D eigenvalue weighted by Crippen LogP contribution is -2.54. The predicted octanol–water partition coefficient (Wildman–Crippen LogP) is 2.20. The lowest BCUT2D eigenvalue weighted by atomic mass is 10.1. The van der Waals surface area contributed by atoms with Gasteiger partial charge in [0, 0.05) is 24.8 Å². The van der Waals surface area contributed by atoms with Crippen molar-refractivity contribution in [2.45, 2.75) is 76.6 Å². The van der Waals surface area contributed by atoms with Crippen LogP contribution < -0.4 is 14.8 Å². The van der Waals surface area contributed by atoms with Crippen molar-refractivity contribution in [3.8, 4) is 22.9 Å². The van der Waals surface area contributed by atoms with Gasteiger partial charge in [0.2, 0.25) is 17.6 Å². The number of methoxy groups -OCH3 is 2. The average molecular weight is 501 g/mol. The van der Waals surface area contributed by atoms with Gasteiger partial charge in [-0.3, -0.25) is 9.59 Å². The lowest BCUT2D eigenvalue weighted by molar-refractivity contribution is -0.143. The van der Waals surface area contributed by atoms with E-state index in [0.717, 1.165) is 38.5 Å². The number of carbonyl (C=O) groups excluding carboxylic acids is 2. The maximum absolute atomic E-state index is 13.5. The molecule has 2 aliphatic rings. The minimum Gasteiger partial charge on any atom is -0.493 e. The second-order valence-electron chi connectivity index (χ2n) is 9.31. The molecule has 11 nitrogen and oxygen atoms in total. The number of hydrogen-bond donors (Lipinski definition) is 1. The third kappa shape index (κ3) is 6.13. The van der Waals surface area contributed by atoms with Gasteiger partial charge < -0.3 is 24.4 Å². The number of ether oxygens (including phenoxy) is 3. The van der Waals surface area contributed by atoms with E-state index in [1.165, 1.54) is 4.80 Å². The molecule has 4 rings (SSSR count). The molecule has 1 saturated carbocycles. The summed E-state index contributed by atoms with van der Waals surface area (Å²) in [4.78, 5) is 29.6. The van der Waals surface area contributed by atoms with Gasteiger partial charge in [-0.05, 0) is 55.5 Å². The van der Waals surface area contributed by atoms with Crippen LogP contribution in [0.1, 0.15) is 51.9 Å². The maximum Gasteiger partial charge on any atom is 0.247 e. The number of benzene rings is 1. The minimum atomic E-state index is -0.573. The fraction of sp³-hybridized carbons (Fsp3) is 0.640. The van der Waals surface area contributed by atoms with Gasteiger partial charge in [0.05, 0.1) is 20.3 Å². The molecule has 196 valence electrons. The van der Waals surface area contributed by atoms with Gasteiger partial charge >= 0.3 is 0 Å². The molecule has 36 heavy (non-hydrogen) atoms. The Morgan fingerprint density at radius 3 is 2.61 bits per heavy atom. The first-order valence-electron chi connectivity index (χ1n) is 12.7. The molecule has 0 unspecified atom stereocenters. The Morgan fingerprint density at radius 1 is 1.17 bits per heavy atom. The molecule has 1 saturated heterocycles. The minimum absolute atomic E-state index is 0.0756. The van der Waals surface area contributed by atoms with E-state index in [1.807, 2.05) is 6.92 Å². The summed E-state index contributed by atoms with van der Waals surface area (Å²) in [5.41, 5.74) is 0.685. The zero-order valence-electron chi connectivity index (χ0n) is 21.3. The van der Waals surface area contributed by atoms with Crippen molar-refractivity contribution in [3.05, 3.63) is 18.2 Å². The van der Waals surface area contributed by atoms with Gasteiger partial charge in [0.25, 0.3) is 0 Å². The third-order valence-corrected chi connectivity index (χ3v) is 6.88. The Morgan fingerprint density at radius 2 is 1.94 bits per heavy atom. The van der Waals surface area contributed by atoms with Crippen LogP contribution in [-0.4, -0.2) is 82.5 Å². The van der Waals surface area contributed by atoms with Crippen molar-refractivity contribution in [3.63, 3.8) is 0 Å². The molecule has 1 N–H and O–H groups in total. The molecule has 2 aromatic rings. The fourth-order valence-corrected chi connectivity index (χ4v) is 4.94. The predicted molar refractivity (Wildman–Crippen MR) is 132 cm³/mol. The number of rotatable bonds is 11. The molecular formula is C25H36N6O5. The topological polar surface area (TPSA) is 121 Å². The summed E-state index contributed by atoms with van der Waals surface area (Å²) in [5, 5.41) is 15.7. The van der Waals surface area contributed by atoms with E-state index in [1.54, 1.807) is 37.3 Å². The van der Waals surface area contributed by atoms with E-state index in [2.05, 4.69) is 20.7 Å². The quantitative estimate of drug-likeness (QED) is 0.499. The first-order chi connectivity index (χ1) is 17.5. The molecule has 2 amide bonds. The molecule has 1 aliphatic carbocycles. The maximum atomic E-state index is 13.5. The molecule has 2 fully saturated rings. The van der Waals surface area contributed by atoms with Crippen LogP contribution >= 0.6 is 0 Å². The second kappa shape index (κ2) is 12.2. The number of tetrazole rings is 1. The summed E-state index contributed by atoms with van der Waals surface area (Å²) in [6.07, 6.45) is 6.49. The molecule has 1 aromatic carbocycles. The third-order valence-electron chi connectivity index (χ3n) is 6.88. The molecule has 11 heteroatoms. The summed E-state index contributed by atoms with van der Waals surface area (Å²) in [6, 6.07) is 4.93. The molecule has 0 spiro atoms. The highest BCUT2D eigenvalue weighted by Crippen LogP contribution is 2.30. The number of nitrogens with one attached hydrogen (secondary N) is 1. The van der Waals surface area contributed by atoms with Gasteiger partial charge in [0.15, 0.2) is 11.5 Å². The Bertz CT molecular complexity index is 1030. The SMILES string of the molecule is CC[C@H](C(=O)NC1CCCC1)N(C[C@H]1CCCO1)C(=O)Cn1nnc(-c2ccc(OC)c(OC)c2)n1. The standard InChI is InChI=1S/C25H36N6O5/c1-4-20(25(33)26-18-8-5-6-9-18)30(15-19-10-7-13-36-19)23(32)16-31-28-24(27-29-31)17-11-12-21(34-2)22(14-17)35-3/h11-12,14,18-20H,4-10,13,15-16H2,1-3H3,(H,26,33)/t19-,20-/m1/s1. The van der Waals surface area contributed by atoms with Crippen LogP contribution in [0.2, 0.25) is 0 Å². The molecule has 1 aliphatic heterocycles. The van der Waals surface area contributed by atoms with Crippen LogP contribution in [0.4, 0.5) is 0 Å². The summed E-state index contributed by atoms with van der Waals surface area (Å²) in [6.45, 7) is 2.85. The van der Waals surface area contributed by atoms with Crippen LogP contribution in [0.15, 0.2) is 18.2 Å². The highest BCUT2D eigenvalue weighted by atomic mass is 16.5. The van der Waals surface area contributed by atoms with E-state index >= 15 is 0 Å². The van der Waals surface area contributed by atoms with Gasteiger partial charge in [-0.15, -0.1) is 10.2 Å². The summed E-state index contributed by atoms with van der Waals surface area (Å²) in [7, 11) is 3.12. The summed E-state index contributed by atoms with van der Waals surface area (Å²) >= 11 is 0. The van der Waals surface area contributed by atoms with Gasteiger partial charge in [-0.1, -0.05) is 19.8 Å². The number of carbonyl (C=O) groups is 2. The fourth-order valence-electron chi connectivity index (χ4n) is 4.94. The largest absolute Gasteiger partial charge is 0.493 e. The lowest BCUT2D eigenvalue weighted by Gasteiger charge is -2.32. The van der Waals surface area contributed by atoms with Crippen molar-refractivity contribution in [1.82, 2.24) is 30.4 Å². The summed E-state index contributed by atoms with van der Waals surface area (Å²) < 4.78 is 16.4. The van der Waals surface area contributed by atoms with E-state index < -0.39 is 6.04 Å². The molecule has 1 aromatic heterocycles. The highest BCUT2D eigenvalue weighted by molar-refractivity contribution is 5.87. The summed E-state index contributed by atoms with van der Waals surface area (Å²) in [5.74, 6) is 1.16. The normalized spacial score (nSPS) is 18.7. The van der Waals surface area contributed by atoms with Crippen molar-refractivity contribution < 1.29 is 23.8 Å². The van der Waals surface area contributed by atoms with Crippen molar-refractivity contribution >= 4 is 11.8 Å². The van der Waals surface area contributed by atoms with Gasteiger partial charge in [-0.2, -0.15) is 4.80 Å². The molecule has 0 bridgehead atoms. The molecule has 0 radical (unpaired) electrons. The van der Waals surface area contributed by atoms with Crippen LogP contribution in [0.3, 0.4) is 0 Å². The van der Waals surface area contributed by atoms with E-state index in [4.69, 9.17) is 14.2 Å². The first-order valence-corrected chi connectivity index (χ1v) is 12.7. The average Bonchev–Trinajstić information content (AvgIpc) is 3.67. The van der Waals surface area contributed by atoms with E-state index in [0.29, 0.717) is 42.5 Å². The molecule has 2 atom stereocenters. The number of hydrogen-bond acceptors (Lipinski definition) is 8. The molecular weight excluding hydrogens is 464 g/mol. The van der Waals surface area contributed by atoms with E-state index in [-0.39, 0.29) is 30.5 Å². The number of amides is 2. The Hall–Kier alpha value is -3.21. The zero-order valence-corrected chi connectivity index (χ0v) is 21.3. The van der Waals surface area contributed by atoms with Crippen molar-refractivity contribution in [1.29, 1.82) is 0 Å². The zero-order chi connectivity index (χ0) is 25.5. The Labute approximate surface area is 211 Å². The molecule has 2 heterocycles. The monoisotopic (exact) mass is 500 g/mol. The highest BCUT2D eigenvalue weighted by Gasteiger charge is 2.33. The van der Waals surface area contributed by atoms with Gasteiger partial charge in [-0.25, -0.2) is 0 Å². The van der Waals surface area contributed by atoms with E-state index in [9.17, 15) is 9.59 Å². The van der Waals surface area contributed by atoms with Crippen molar-refractivity contribution in [2.24, 2.45) is 0 Å². The second-order valence-corrected chi connectivity index (χ2v) is 9.31. The number of aromatic nitrogens is 4. The number of nitrogens with zero attached hydrogens (tertiary/aromatic N) is 5. The van der Waals surface area contributed by atoms with Crippen LogP contribution in [0.5, 0.6) is 11.5 Å². The Balaban J connectivity index is 1.49. The van der Waals surface area contributed by atoms with Crippen LogP contribution in [0, 0.1) is 0 Å². The van der Waals surface area contributed by atoms with Crippen molar-refractivity contribution in [2.75, 3.05) is 27.4 Å².